The first-order valence-corrected chi connectivity index (χ1v) is 10.1. The Kier molecular flexibility index (Phi) is 7.49. The molecular weight excluding hydrogens is 382 g/mol. The molecule has 0 atom stereocenters. The molecule has 6 heteroatoms. The van der Waals surface area contributed by atoms with E-state index in [1.54, 1.807) is 37.5 Å². The molecule has 0 bridgehead atoms. The largest absolute Gasteiger partial charge is 0.493 e. The number of hydrogen-bond acceptors (Lipinski definition) is 5. The van der Waals surface area contributed by atoms with Crippen LogP contribution >= 0.6 is 0 Å². The lowest BCUT2D eigenvalue weighted by atomic mass is 10.1. The van der Waals surface area contributed by atoms with E-state index in [1.807, 2.05) is 30.0 Å². The standard InChI is InChI=1S/C24H27NO5/c1-3-29-22-13-7-18(16-23(22)28-2)6-12-21(26)19-8-10-20(11-9-19)30-17-24(27)25-14-4-5-15-25/h6-13,16H,3-5,14-15,17H2,1-2H3/b12-6+. The average molecular weight is 409 g/mol. The minimum atomic E-state index is -0.123. The highest BCUT2D eigenvalue weighted by Crippen LogP contribution is 2.28. The molecule has 1 amide bonds. The summed E-state index contributed by atoms with van der Waals surface area (Å²) in [6.45, 7) is 4.10. The Labute approximate surface area is 177 Å². The summed E-state index contributed by atoms with van der Waals surface area (Å²) < 4.78 is 16.4. The Balaban J connectivity index is 1.57. The van der Waals surface area contributed by atoms with E-state index < -0.39 is 0 Å². The van der Waals surface area contributed by atoms with Gasteiger partial charge < -0.3 is 19.1 Å². The first kappa shape index (κ1) is 21.4. The maximum Gasteiger partial charge on any atom is 0.260 e. The maximum absolute atomic E-state index is 12.4. The van der Waals surface area contributed by atoms with Gasteiger partial charge in [0.05, 0.1) is 13.7 Å². The second-order valence-corrected chi connectivity index (χ2v) is 6.94. The van der Waals surface area contributed by atoms with Gasteiger partial charge in [-0.1, -0.05) is 12.1 Å². The van der Waals surface area contributed by atoms with E-state index in [9.17, 15) is 9.59 Å². The third-order valence-electron chi connectivity index (χ3n) is 4.87. The molecule has 1 saturated heterocycles. The third kappa shape index (κ3) is 5.63. The zero-order valence-electron chi connectivity index (χ0n) is 17.4. The quantitative estimate of drug-likeness (QED) is 0.463. The molecule has 0 aliphatic carbocycles. The Morgan fingerprint density at radius 2 is 1.73 bits per heavy atom. The van der Waals surface area contributed by atoms with Crippen LogP contribution in [0.1, 0.15) is 35.7 Å². The molecular formula is C24H27NO5. The molecule has 158 valence electrons. The molecule has 0 unspecified atom stereocenters. The average Bonchev–Trinajstić information content (AvgIpc) is 3.32. The SMILES string of the molecule is CCOc1ccc(/C=C/C(=O)c2ccc(OCC(=O)N3CCCC3)cc2)cc1OC. The van der Waals surface area contributed by atoms with E-state index in [0.29, 0.717) is 29.4 Å². The molecule has 6 nitrogen and oxygen atoms in total. The number of nitrogens with zero attached hydrogens (tertiary/aromatic N) is 1. The van der Waals surface area contributed by atoms with Crippen molar-refractivity contribution < 1.29 is 23.8 Å². The zero-order chi connectivity index (χ0) is 21.3. The second kappa shape index (κ2) is 10.5. The van der Waals surface area contributed by atoms with Crippen LogP contribution in [0.4, 0.5) is 0 Å². The number of carbonyl (C=O) groups is 2. The fraction of sp³-hybridized carbons (Fsp3) is 0.333. The van der Waals surface area contributed by atoms with Gasteiger partial charge in [-0.25, -0.2) is 0 Å². The summed E-state index contributed by atoms with van der Waals surface area (Å²) in [7, 11) is 1.58. The van der Waals surface area contributed by atoms with Crippen molar-refractivity contribution in [3.8, 4) is 17.2 Å². The van der Waals surface area contributed by atoms with Gasteiger partial charge >= 0.3 is 0 Å². The van der Waals surface area contributed by atoms with E-state index in [2.05, 4.69) is 0 Å². The lowest BCUT2D eigenvalue weighted by molar-refractivity contribution is -0.132. The molecule has 2 aromatic carbocycles. The predicted molar refractivity (Wildman–Crippen MR) is 115 cm³/mol. The second-order valence-electron chi connectivity index (χ2n) is 6.94. The van der Waals surface area contributed by atoms with E-state index in [4.69, 9.17) is 14.2 Å². The summed E-state index contributed by atoms with van der Waals surface area (Å²) in [5.74, 6) is 1.74. The highest BCUT2D eigenvalue weighted by Gasteiger charge is 2.18. The zero-order valence-corrected chi connectivity index (χ0v) is 17.4. The summed E-state index contributed by atoms with van der Waals surface area (Å²) in [4.78, 5) is 26.3. The molecule has 1 fully saturated rings. The van der Waals surface area contributed by atoms with Crippen LogP contribution in [0.25, 0.3) is 6.08 Å². The van der Waals surface area contributed by atoms with Gasteiger partial charge in [-0.15, -0.1) is 0 Å². The van der Waals surface area contributed by atoms with Crippen molar-refractivity contribution in [3.63, 3.8) is 0 Å². The number of likely N-dealkylation sites (tertiary alicyclic amines) is 1. The van der Waals surface area contributed by atoms with Crippen LogP contribution in [0.15, 0.2) is 48.5 Å². The fourth-order valence-corrected chi connectivity index (χ4v) is 3.25. The summed E-state index contributed by atoms with van der Waals surface area (Å²) >= 11 is 0. The summed E-state index contributed by atoms with van der Waals surface area (Å²) in [5.41, 5.74) is 1.38. The highest BCUT2D eigenvalue weighted by molar-refractivity contribution is 6.06. The van der Waals surface area contributed by atoms with Crippen LogP contribution in [0.2, 0.25) is 0 Å². The molecule has 0 N–H and O–H groups in total. The number of amides is 1. The number of rotatable bonds is 9. The van der Waals surface area contributed by atoms with Gasteiger partial charge in [0.2, 0.25) is 0 Å². The van der Waals surface area contributed by atoms with E-state index in [-0.39, 0.29) is 18.3 Å². The Hall–Kier alpha value is -3.28. The van der Waals surface area contributed by atoms with Crippen LogP contribution in [0.3, 0.4) is 0 Å². The number of ketones is 1. The predicted octanol–water partition coefficient (Wildman–Crippen LogP) is 3.99. The normalized spacial score (nSPS) is 13.5. The Bertz CT molecular complexity index is 898. The van der Waals surface area contributed by atoms with Gasteiger partial charge in [0, 0.05) is 18.7 Å². The van der Waals surface area contributed by atoms with Crippen molar-refractivity contribution in [2.45, 2.75) is 19.8 Å². The van der Waals surface area contributed by atoms with E-state index in [0.717, 1.165) is 31.5 Å². The van der Waals surface area contributed by atoms with Crippen LogP contribution in [-0.4, -0.2) is 50.0 Å². The smallest absolute Gasteiger partial charge is 0.260 e. The number of ether oxygens (including phenoxy) is 3. The molecule has 30 heavy (non-hydrogen) atoms. The van der Waals surface area contributed by atoms with Crippen LogP contribution in [0, 0.1) is 0 Å². The van der Waals surface area contributed by atoms with Crippen LogP contribution in [0.5, 0.6) is 17.2 Å². The number of hydrogen-bond donors (Lipinski definition) is 0. The molecule has 0 spiro atoms. The molecule has 3 rings (SSSR count). The minimum absolute atomic E-state index is 0.00127. The van der Waals surface area contributed by atoms with Crippen molar-refractivity contribution in [2.75, 3.05) is 33.4 Å². The Morgan fingerprint density at radius 1 is 1.00 bits per heavy atom. The van der Waals surface area contributed by atoms with Crippen molar-refractivity contribution in [1.82, 2.24) is 4.90 Å². The lowest BCUT2D eigenvalue weighted by Gasteiger charge is -2.15. The van der Waals surface area contributed by atoms with Gasteiger partial charge in [0.15, 0.2) is 23.9 Å². The molecule has 1 aliphatic rings. The molecule has 1 heterocycles. The third-order valence-corrected chi connectivity index (χ3v) is 4.87. The van der Waals surface area contributed by atoms with Gasteiger partial charge in [-0.3, -0.25) is 9.59 Å². The Morgan fingerprint density at radius 3 is 2.40 bits per heavy atom. The topological polar surface area (TPSA) is 65.1 Å². The molecule has 0 radical (unpaired) electrons. The molecule has 2 aromatic rings. The maximum atomic E-state index is 12.4. The van der Waals surface area contributed by atoms with Gasteiger partial charge in [0.1, 0.15) is 5.75 Å². The van der Waals surface area contributed by atoms with Crippen LogP contribution < -0.4 is 14.2 Å². The number of allylic oxidation sites excluding steroid dienone is 1. The first-order chi connectivity index (χ1) is 14.6. The summed E-state index contributed by atoms with van der Waals surface area (Å²) in [6, 6.07) is 12.3. The number of methoxy groups -OCH3 is 1. The van der Waals surface area contributed by atoms with Crippen molar-refractivity contribution >= 4 is 17.8 Å². The molecule has 0 saturated carbocycles. The van der Waals surface area contributed by atoms with Gasteiger partial charge in [0.25, 0.3) is 5.91 Å². The van der Waals surface area contributed by atoms with E-state index >= 15 is 0 Å². The molecule has 1 aliphatic heterocycles. The number of benzene rings is 2. The summed E-state index contributed by atoms with van der Waals surface area (Å²) in [6.07, 6.45) is 5.36. The monoisotopic (exact) mass is 409 g/mol. The summed E-state index contributed by atoms with van der Waals surface area (Å²) in [5, 5.41) is 0. The van der Waals surface area contributed by atoms with Crippen molar-refractivity contribution in [3.05, 3.63) is 59.7 Å². The first-order valence-electron chi connectivity index (χ1n) is 10.1. The minimum Gasteiger partial charge on any atom is -0.493 e. The van der Waals surface area contributed by atoms with Crippen molar-refractivity contribution in [2.24, 2.45) is 0 Å². The highest BCUT2D eigenvalue weighted by atomic mass is 16.5. The number of carbonyl (C=O) groups excluding carboxylic acids is 2. The van der Waals surface area contributed by atoms with Crippen molar-refractivity contribution in [1.29, 1.82) is 0 Å². The molecule has 0 aromatic heterocycles. The van der Waals surface area contributed by atoms with Gasteiger partial charge in [-0.05, 0) is 67.8 Å². The fourth-order valence-electron chi connectivity index (χ4n) is 3.25. The van der Waals surface area contributed by atoms with Crippen LogP contribution in [-0.2, 0) is 4.79 Å². The van der Waals surface area contributed by atoms with Gasteiger partial charge in [-0.2, -0.15) is 0 Å². The lowest BCUT2D eigenvalue weighted by Crippen LogP contribution is -2.32. The van der Waals surface area contributed by atoms with E-state index in [1.165, 1.54) is 6.08 Å².